The average molecular weight is 179 g/mol. The van der Waals surface area contributed by atoms with Crippen LogP contribution in [0.25, 0.3) is 0 Å². The number of amides is 1. The Morgan fingerprint density at radius 2 is 2.46 bits per heavy atom. The molecule has 1 saturated heterocycles. The van der Waals surface area contributed by atoms with E-state index in [0.29, 0.717) is 0 Å². The number of rotatable bonds is 1. The Morgan fingerprint density at radius 3 is 3.23 bits per heavy atom. The fraction of sp³-hybridized carbons (Fsp3) is 0.444. The van der Waals surface area contributed by atoms with Gasteiger partial charge in [0, 0.05) is 31.4 Å². The highest BCUT2D eigenvalue weighted by molar-refractivity contribution is 5.94. The summed E-state index contributed by atoms with van der Waals surface area (Å²) >= 11 is 0. The standard InChI is InChI=1S/C9H13N3O/c1-10-9(13)7-2-3-8-4-11-6-12(8)5-7/h2-3,11H,4-6H2,1H3,(H,10,13). The van der Waals surface area contributed by atoms with Gasteiger partial charge in [0.2, 0.25) is 5.91 Å². The van der Waals surface area contributed by atoms with Gasteiger partial charge in [-0.1, -0.05) is 0 Å². The van der Waals surface area contributed by atoms with Crippen molar-refractivity contribution in [2.24, 2.45) is 0 Å². The number of carbonyl (C=O) groups excluding carboxylic acids is 1. The van der Waals surface area contributed by atoms with Crippen molar-refractivity contribution in [1.29, 1.82) is 0 Å². The molecule has 4 heteroatoms. The van der Waals surface area contributed by atoms with Crippen molar-refractivity contribution in [1.82, 2.24) is 15.5 Å². The smallest absolute Gasteiger partial charge is 0.248 e. The molecular weight excluding hydrogens is 166 g/mol. The molecule has 0 radical (unpaired) electrons. The van der Waals surface area contributed by atoms with Gasteiger partial charge >= 0.3 is 0 Å². The van der Waals surface area contributed by atoms with Gasteiger partial charge in [-0.2, -0.15) is 0 Å². The second-order valence-corrected chi connectivity index (χ2v) is 3.21. The molecule has 70 valence electrons. The van der Waals surface area contributed by atoms with Crippen LogP contribution in [0.1, 0.15) is 0 Å². The van der Waals surface area contributed by atoms with Crippen molar-refractivity contribution >= 4 is 5.91 Å². The molecule has 0 aromatic carbocycles. The predicted molar refractivity (Wildman–Crippen MR) is 49.8 cm³/mol. The number of nitrogens with one attached hydrogen (secondary N) is 2. The van der Waals surface area contributed by atoms with Gasteiger partial charge in [-0.05, 0) is 12.2 Å². The molecule has 0 aromatic rings. The molecule has 2 rings (SSSR count). The van der Waals surface area contributed by atoms with Gasteiger partial charge in [-0.25, -0.2) is 0 Å². The van der Waals surface area contributed by atoms with Crippen LogP contribution in [-0.2, 0) is 4.79 Å². The first-order chi connectivity index (χ1) is 6.31. The molecule has 1 amide bonds. The summed E-state index contributed by atoms with van der Waals surface area (Å²) in [5.41, 5.74) is 2.10. The van der Waals surface area contributed by atoms with Crippen LogP contribution in [0.5, 0.6) is 0 Å². The summed E-state index contributed by atoms with van der Waals surface area (Å²) in [7, 11) is 1.66. The first-order valence-corrected chi connectivity index (χ1v) is 4.39. The monoisotopic (exact) mass is 179 g/mol. The van der Waals surface area contributed by atoms with Gasteiger partial charge in [-0.15, -0.1) is 0 Å². The Kier molecular flexibility index (Phi) is 2.06. The quantitative estimate of drug-likeness (QED) is 0.566. The highest BCUT2D eigenvalue weighted by Gasteiger charge is 2.22. The number of likely N-dealkylation sites (N-methyl/N-ethyl adjacent to an activating group) is 1. The zero-order valence-corrected chi connectivity index (χ0v) is 7.63. The summed E-state index contributed by atoms with van der Waals surface area (Å²) in [5, 5.41) is 5.87. The highest BCUT2D eigenvalue weighted by atomic mass is 16.1. The summed E-state index contributed by atoms with van der Waals surface area (Å²) in [5.74, 6) is 0.0159. The van der Waals surface area contributed by atoms with Crippen LogP contribution in [0.4, 0.5) is 0 Å². The Hall–Kier alpha value is -1.29. The van der Waals surface area contributed by atoms with E-state index in [4.69, 9.17) is 0 Å². The van der Waals surface area contributed by atoms with E-state index < -0.39 is 0 Å². The van der Waals surface area contributed by atoms with Crippen LogP contribution < -0.4 is 10.6 Å². The molecule has 2 N–H and O–H groups in total. The number of hydrogen-bond acceptors (Lipinski definition) is 3. The van der Waals surface area contributed by atoms with Crippen molar-refractivity contribution in [3.8, 4) is 0 Å². The third-order valence-corrected chi connectivity index (χ3v) is 2.37. The molecule has 2 aliphatic heterocycles. The summed E-state index contributed by atoms with van der Waals surface area (Å²) in [6, 6.07) is 0. The van der Waals surface area contributed by atoms with E-state index >= 15 is 0 Å². The van der Waals surface area contributed by atoms with Crippen LogP contribution in [0.3, 0.4) is 0 Å². The minimum atomic E-state index is 0.0159. The first-order valence-electron chi connectivity index (χ1n) is 4.39. The molecule has 4 nitrogen and oxygen atoms in total. The minimum Gasteiger partial charge on any atom is -0.356 e. The fourth-order valence-corrected chi connectivity index (χ4v) is 1.62. The third kappa shape index (κ3) is 1.45. The van der Waals surface area contributed by atoms with Gasteiger partial charge in [0.15, 0.2) is 0 Å². The maximum absolute atomic E-state index is 11.3. The molecule has 0 atom stereocenters. The lowest BCUT2D eigenvalue weighted by molar-refractivity contribution is -0.117. The van der Waals surface area contributed by atoms with Gasteiger partial charge in [0.25, 0.3) is 0 Å². The highest BCUT2D eigenvalue weighted by Crippen LogP contribution is 2.16. The Balaban J connectivity index is 2.14. The molecule has 0 saturated carbocycles. The van der Waals surface area contributed by atoms with Crippen LogP contribution in [0.15, 0.2) is 23.4 Å². The molecule has 0 bridgehead atoms. The summed E-state index contributed by atoms with van der Waals surface area (Å²) < 4.78 is 0. The van der Waals surface area contributed by atoms with Crippen molar-refractivity contribution in [3.63, 3.8) is 0 Å². The lowest BCUT2D eigenvalue weighted by Gasteiger charge is -2.23. The van der Waals surface area contributed by atoms with Crippen molar-refractivity contribution in [2.45, 2.75) is 0 Å². The molecule has 0 unspecified atom stereocenters. The van der Waals surface area contributed by atoms with E-state index in [1.54, 1.807) is 7.05 Å². The first kappa shape index (κ1) is 8.31. The zero-order valence-electron chi connectivity index (χ0n) is 7.63. The van der Waals surface area contributed by atoms with Gasteiger partial charge in [-0.3, -0.25) is 10.1 Å². The predicted octanol–water partition coefficient (Wildman–Crippen LogP) is -0.581. The molecule has 0 aliphatic carbocycles. The molecule has 2 aliphatic rings. The third-order valence-electron chi connectivity index (χ3n) is 2.37. The van der Waals surface area contributed by atoms with E-state index in [2.05, 4.69) is 15.5 Å². The zero-order chi connectivity index (χ0) is 9.26. The molecule has 0 aromatic heterocycles. The average Bonchev–Trinajstić information content (AvgIpc) is 2.63. The Bertz CT molecular complexity index is 293. The topological polar surface area (TPSA) is 44.4 Å². The second-order valence-electron chi connectivity index (χ2n) is 3.21. The number of nitrogens with zero attached hydrogens (tertiary/aromatic N) is 1. The maximum Gasteiger partial charge on any atom is 0.248 e. The van der Waals surface area contributed by atoms with Crippen molar-refractivity contribution in [3.05, 3.63) is 23.4 Å². The number of allylic oxidation sites excluding steroid dienone is 2. The maximum atomic E-state index is 11.3. The summed E-state index contributed by atoms with van der Waals surface area (Å²) in [6.07, 6.45) is 3.91. The van der Waals surface area contributed by atoms with E-state index in [0.717, 1.165) is 25.3 Å². The van der Waals surface area contributed by atoms with E-state index in [9.17, 15) is 4.79 Å². The van der Waals surface area contributed by atoms with Crippen LogP contribution in [0.2, 0.25) is 0 Å². The normalized spacial score (nSPS) is 20.5. The summed E-state index contributed by atoms with van der Waals surface area (Å²) in [6.45, 7) is 2.48. The number of hydrogen-bond donors (Lipinski definition) is 2. The fourth-order valence-electron chi connectivity index (χ4n) is 1.62. The molecule has 1 fully saturated rings. The van der Waals surface area contributed by atoms with Crippen LogP contribution in [-0.4, -0.2) is 37.6 Å². The number of carbonyl (C=O) groups is 1. The number of fused-ring (bicyclic) bond motifs is 1. The SMILES string of the molecule is CNC(=O)C1=CC=C2CNCN2C1. The van der Waals surface area contributed by atoms with E-state index in [-0.39, 0.29) is 5.91 Å². The Labute approximate surface area is 77.3 Å². The van der Waals surface area contributed by atoms with Crippen LogP contribution in [0, 0.1) is 0 Å². The van der Waals surface area contributed by atoms with Crippen LogP contribution >= 0.6 is 0 Å². The summed E-state index contributed by atoms with van der Waals surface area (Å²) in [4.78, 5) is 13.5. The largest absolute Gasteiger partial charge is 0.356 e. The second kappa shape index (κ2) is 3.22. The molecule has 2 heterocycles. The van der Waals surface area contributed by atoms with Gasteiger partial charge in [0.05, 0.1) is 6.67 Å². The molecular formula is C9H13N3O. The lowest BCUT2D eigenvalue weighted by Crippen LogP contribution is -2.32. The van der Waals surface area contributed by atoms with Gasteiger partial charge < -0.3 is 10.2 Å². The Morgan fingerprint density at radius 1 is 1.62 bits per heavy atom. The van der Waals surface area contributed by atoms with Gasteiger partial charge in [0.1, 0.15) is 0 Å². The van der Waals surface area contributed by atoms with Crippen molar-refractivity contribution in [2.75, 3.05) is 26.8 Å². The minimum absolute atomic E-state index is 0.0159. The van der Waals surface area contributed by atoms with E-state index in [1.807, 2.05) is 12.2 Å². The van der Waals surface area contributed by atoms with E-state index in [1.165, 1.54) is 5.70 Å². The van der Waals surface area contributed by atoms with Crippen molar-refractivity contribution < 1.29 is 4.79 Å². The lowest BCUT2D eigenvalue weighted by atomic mass is 10.1. The molecule has 13 heavy (non-hydrogen) atoms. The molecule has 0 spiro atoms.